The number of nitrogens with one attached hydrogen (secondary N) is 2. The zero-order valence-electron chi connectivity index (χ0n) is 14.6. The monoisotopic (exact) mass is 355 g/mol. The third-order valence-electron chi connectivity index (χ3n) is 3.60. The van der Waals surface area contributed by atoms with Crippen LogP contribution in [0.4, 0.5) is 10.5 Å². The number of hydrogen-bond donors (Lipinski definition) is 3. The summed E-state index contributed by atoms with van der Waals surface area (Å²) in [5, 5.41) is 5.16. The molecule has 0 saturated heterocycles. The fourth-order valence-electron chi connectivity index (χ4n) is 2.20. The SMILES string of the molecule is Cc1cccc(NC(=O)C(C)OC(=O)c2ccc(CNC(N)=O)cc2)c1. The number of urea groups is 1. The van der Waals surface area contributed by atoms with Gasteiger partial charge in [0.1, 0.15) is 0 Å². The number of aryl methyl sites for hydroxylation is 1. The average molecular weight is 355 g/mol. The molecule has 136 valence electrons. The molecule has 2 rings (SSSR count). The molecular weight excluding hydrogens is 334 g/mol. The van der Waals surface area contributed by atoms with E-state index in [9.17, 15) is 14.4 Å². The number of ether oxygens (including phenoxy) is 1. The molecule has 0 spiro atoms. The first-order chi connectivity index (χ1) is 12.3. The van der Waals surface area contributed by atoms with Gasteiger partial charge in [0.2, 0.25) is 0 Å². The Morgan fingerprint density at radius 3 is 2.42 bits per heavy atom. The number of anilines is 1. The minimum atomic E-state index is -0.945. The molecule has 26 heavy (non-hydrogen) atoms. The summed E-state index contributed by atoms with van der Waals surface area (Å²) in [5.41, 5.74) is 7.75. The van der Waals surface area contributed by atoms with Gasteiger partial charge >= 0.3 is 12.0 Å². The number of carbonyl (C=O) groups excluding carboxylic acids is 3. The molecule has 2 aromatic carbocycles. The predicted molar refractivity (Wildman–Crippen MR) is 97.6 cm³/mol. The maximum Gasteiger partial charge on any atom is 0.338 e. The van der Waals surface area contributed by atoms with Crippen molar-refractivity contribution in [3.05, 3.63) is 65.2 Å². The van der Waals surface area contributed by atoms with Crippen molar-refractivity contribution in [2.24, 2.45) is 5.73 Å². The molecule has 7 nitrogen and oxygen atoms in total. The Hall–Kier alpha value is -3.35. The Kier molecular flexibility index (Phi) is 6.32. The van der Waals surface area contributed by atoms with Gasteiger partial charge in [-0.05, 0) is 49.2 Å². The molecule has 0 aliphatic rings. The lowest BCUT2D eigenvalue weighted by atomic mass is 10.1. The van der Waals surface area contributed by atoms with E-state index in [1.807, 2.05) is 25.1 Å². The number of carbonyl (C=O) groups is 3. The molecule has 0 radical (unpaired) electrons. The topological polar surface area (TPSA) is 111 Å². The van der Waals surface area contributed by atoms with Crippen LogP contribution in [-0.4, -0.2) is 24.0 Å². The Bertz CT molecular complexity index is 803. The molecule has 0 aromatic heterocycles. The smallest absolute Gasteiger partial charge is 0.338 e. The second-order valence-corrected chi connectivity index (χ2v) is 5.82. The maximum atomic E-state index is 12.2. The summed E-state index contributed by atoms with van der Waals surface area (Å²) < 4.78 is 5.20. The van der Waals surface area contributed by atoms with Crippen LogP contribution in [0, 0.1) is 6.92 Å². The summed E-state index contributed by atoms with van der Waals surface area (Å²) in [6, 6.07) is 13.2. The van der Waals surface area contributed by atoms with Gasteiger partial charge in [0.25, 0.3) is 5.91 Å². The molecule has 0 heterocycles. The first kappa shape index (κ1) is 19.0. The van der Waals surface area contributed by atoms with Gasteiger partial charge in [0, 0.05) is 12.2 Å². The van der Waals surface area contributed by atoms with E-state index in [0.29, 0.717) is 11.3 Å². The van der Waals surface area contributed by atoms with Crippen molar-refractivity contribution in [1.82, 2.24) is 5.32 Å². The normalized spacial score (nSPS) is 11.3. The first-order valence-corrected chi connectivity index (χ1v) is 8.06. The van der Waals surface area contributed by atoms with Crippen molar-refractivity contribution in [3.8, 4) is 0 Å². The van der Waals surface area contributed by atoms with Gasteiger partial charge in [0.15, 0.2) is 6.10 Å². The number of hydrogen-bond acceptors (Lipinski definition) is 4. The van der Waals surface area contributed by atoms with E-state index < -0.39 is 24.0 Å². The molecule has 0 fully saturated rings. The van der Waals surface area contributed by atoms with E-state index in [1.54, 1.807) is 30.3 Å². The van der Waals surface area contributed by atoms with Gasteiger partial charge in [-0.15, -0.1) is 0 Å². The summed E-state index contributed by atoms with van der Waals surface area (Å²) in [4.78, 5) is 35.0. The summed E-state index contributed by atoms with van der Waals surface area (Å²) in [5.74, 6) is -1.02. The molecule has 1 atom stereocenters. The maximum absolute atomic E-state index is 12.2. The molecule has 3 amide bonds. The number of rotatable bonds is 6. The Morgan fingerprint density at radius 2 is 1.81 bits per heavy atom. The van der Waals surface area contributed by atoms with Crippen LogP contribution in [0.15, 0.2) is 48.5 Å². The van der Waals surface area contributed by atoms with Crippen LogP contribution < -0.4 is 16.4 Å². The predicted octanol–water partition coefficient (Wildman–Crippen LogP) is 2.35. The fraction of sp³-hybridized carbons (Fsp3) is 0.211. The molecule has 0 bridgehead atoms. The van der Waals surface area contributed by atoms with Gasteiger partial charge in [-0.1, -0.05) is 24.3 Å². The lowest BCUT2D eigenvalue weighted by molar-refractivity contribution is -0.123. The standard InChI is InChI=1S/C19H21N3O4/c1-12-4-3-5-16(10-12)22-17(23)13(2)26-18(24)15-8-6-14(7-9-15)11-21-19(20)25/h3-10,13H,11H2,1-2H3,(H,22,23)(H3,20,21,25). The van der Waals surface area contributed by atoms with Crippen LogP contribution in [0.5, 0.6) is 0 Å². The van der Waals surface area contributed by atoms with E-state index in [-0.39, 0.29) is 6.54 Å². The number of nitrogens with two attached hydrogens (primary N) is 1. The molecule has 4 N–H and O–H groups in total. The van der Waals surface area contributed by atoms with Crippen LogP contribution in [0.3, 0.4) is 0 Å². The zero-order chi connectivity index (χ0) is 19.1. The van der Waals surface area contributed by atoms with E-state index >= 15 is 0 Å². The molecule has 1 unspecified atom stereocenters. The van der Waals surface area contributed by atoms with Crippen LogP contribution in [0.1, 0.15) is 28.4 Å². The van der Waals surface area contributed by atoms with Crippen molar-refractivity contribution in [2.45, 2.75) is 26.5 Å². The van der Waals surface area contributed by atoms with Gasteiger partial charge in [-0.2, -0.15) is 0 Å². The molecular formula is C19H21N3O4. The van der Waals surface area contributed by atoms with Crippen LogP contribution in [0.2, 0.25) is 0 Å². The lowest BCUT2D eigenvalue weighted by Gasteiger charge is -2.14. The minimum Gasteiger partial charge on any atom is -0.449 e. The lowest BCUT2D eigenvalue weighted by Crippen LogP contribution is -2.30. The molecule has 2 aromatic rings. The fourth-order valence-corrected chi connectivity index (χ4v) is 2.20. The van der Waals surface area contributed by atoms with Crippen molar-refractivity contribution in [1.29, 1.82) is 0 Å². The van der Waals surface area contributed by atoms with E-state index in [2.05, 4.69) is 10.6 Å². The van der Waals surface area contributed by atoms with Crippen LogP contribution in [0.25, 0.3) is 0 Å². The Balaban J connectivity index is 1.91. The summed E-state index contributed by atoms with van der Waals surface area (Å²) in [6.45, 7) is 3.69. The molecule has 7 heteroatoms. The van der Waals surface area contributed by atoms with E-state index in [1.165, 1.54) is 6.92 Å². The highest BCUT2D eigenvalue weighted by Gasteiger charge is 2.19. The van der Waals surface area contributed by atoms with Crippen molar-refractivity contribution in [3.63, 3.8) is 0 Å². The number of benzene rings is 2. The molecule has 0 aliphatic heterocycles. The average Bonchev–Trinajstić information content (AvgIpc) is 2.60. The number of amides is 3. The van der Waals surface area contributed by atoms with E-state index in [4.69, 9.17) is 10.5 Å². The number of esters is 1. The second-order valence-electron chi connectivity index (χ2n) is 5.82. The van der Waals surface area contributed by atoms with Crippen molar-refractivity contribution >= 4 is 23.6 Å². The Morgan fingerprint density at radius 1 is 1.12 bits per heavy atom. The molecule has 0 saturated carbocycles. The first-order valence-electron chi connectivity index (χ1n) is 8.06. The van der Waals surface area contributed by atoms with Gasteiger partial charge in [-0.25, -0.2) is 9.59 Å². The van der Waals surface area contributed by atoms with Gasteiger partial charge < -0.3 is 21.1 Å². The summed E-state index contributed by atoms with van der Waals surface area (Å²) in [7, 11) is 0. The van der Waals surface area contributed by atoms with Crippen molar-refractivity contribution < 1.29 is 19.1 Å². The van der Waals surface area contributed by atoms with Crippen LogP contribution in [-0.2, 0) is 16.1 Å². The van der Waals surface area contributed by atoms with Gasteiger partial charge in [0.05, 0.1) is 5.56 Å². The summed E-state index contributed by atoms with van der Waals surface area (Å²) in [6.07, 6.45) is -0.945. The number of primary amides is 1. The van der Waals surface area contributed by atoms with Crippen molar-refractivity contribution in [2.75, 3.05) is 5.32 Å². The summed E-state index contributed by atoms with van der Waals surface area (Å²) >= 11 is 0. The quantitative estimate of drug-likeness (QED) is 0.691. The second kappa shape index (κ2) is 8.66. The minimum absolute atomic E-state index is 0.264. The Labute approximate surface area is 151 Å². The third-order valence-corrected chi connectivity index (χ3v) is 3.60. The largest absolute Gasteiger partial charge is 0.449 e. The highest BCUT2D eigenvalue weighted by Crippen LogP contribution is 2.12. The van der Waals surface area contributed by atoms with Gasteiger partial charge in [-0.3, -0.25) is 4.79 Å². The van der Waals surface area contributed by atoms with E-state index in [0.717, 1.165) is 11.1 Å². The van der Waals surface area contributed by atoms with Crippen LogP contribution >= 0.6 is 0 Å². The zero-order valence-corrected chi connectivity index (χ0v) is 14.6. The highest BCUT2D eigenvalue weighted by molar-refractivity contribution is 5.97. The highest BCUT2D eigenvalue weighted by atomic mass is 16.5. The molecule has 0 aliphatic carbocycles. The third kappa shape index (κ3) is 5.62.